The van der Waals surface area contributed by atoms with Gasteiger partial charge in [0.2, 0.25) is 0 Å². The van der Waals surface area contributed by atoms with Gasteiger partial charge < -0.3 is 4.90 Å². The molecule has 3 nitrogen and oxygen atoms in total. The molecule has 1 aliphatic rings. The van der Waals surface area contributed by atoms with Crippen molar-refractivity contribution >= 4 is 5.69 Å². The second-order valence-electron chi connectivity index (χ2n) is 5.60. The van der Waals surface area contributed by atoms with E-state index in [1.165, 1.54) is 12.1 Å². The quantitative estimate of drug-likeness (QED) is 0.813. The third kappa shape index (κ3) is 4.54. The first-order chi connectivity index (χ1) is 11.3. The molecular formula is C19H20FN3. The normalized spacial score (nSPS) is 15.1. The monoisotopic (exact) mass is 309 g/mol. The van der Waals surface area contributed by atoms with Gasteiger partial charge in [-0.15, -0.1) is 0 Å². The minimum absolute atomic E-state index is 0.181. The smallest absolute Gasteiger partial charge is 0.123 e. The molecule has 1 aliphatic heterocycles. The summed E-state index contributed by atoms with van der Waals surface area (Å²) in [6.45, 7) is 4.98. The fraction of sp³-hybridized carbons (Fsp3) is 0.316. The van der Waals surface area contributed by atoms with Crippen LogP contribution in [0.4, 0.5) is 10.1 Å². The molecule has 0 saturated carbocycles. The number of rotatable bonds is 3. The third-order valence-corrected chi connectivity index (χ3v) is 4.01. The van der Waals surface area contributed by atoms with Crippen LogP contribution in [-0.2, 0) is 0 Å². The average molecular weight is 309 g/mol. The molecule has 1 saturated heterocycles. The van der Waals surface area contributed by atoms with E-state index in [4.69, 9.17) is 0 Å². The number of hydrogen-bond donors (Lipinski definition) is 0. The Bertz CT molecular complexity index is 665. The van der Waals surface area contributed by atoms with Gasteiger partial charge in [0.25, 0.3) is 0 Å². The second-order valence-corrected chi connectivity index (χ2v) is 5.60. The molecule has 0 unspecified atom stereocenters. The first-order valence-corrected chi connectivity index (χ1v) is 7.93. The number of benzene rings is 1. The van der Waals surface area contributed by atoms with Crippen LogP contribution in [0.25, 0.3) is 0 Å². The standard InChI is InChI=1S/C19H20FN3/c20-18-6-8-19(9-7-18)23-14-12-22(13-15-23)11-2-1-4-17-5-3-10-21-16-17/h3,5-10,16H,2,11-15H2. The highest BCUT2D eigenvalue weighted by molar-refractivity contribution is 5.46. The third-order valence-electron chi connectivity index (χ3n) is 4.01. The van der Waals surface area contributed by atoms with Crippen LogP contribution in [0.15, 0.2) is 48.8 Å². The number of nitrogens with zero attached hydrogens (tertiary/aromatic N) is 3. The summed E-state index contributed by atoms with van der Waals surface area (Å²) >= 11 is 0. The van der Waals surface area contributed by atoms with Crippen LogP contribution in [0.1, 0.15) is 12.0 Å². The van der Waals surface area contributed by atoms with Crippen molar-refractivity contribution < 1.29 is 4.39 Å². The van der Waals surface area contributed by atoms with Gasteiger partial charge in [-0.3, -0.25) is 9.88 Å². The number of pyridine rings is 1. The molecule has 0 radical (unpaired) electrons. The van der Waals surface area contributed by atoms with Crippen molar-refractivity contribution in [3.63, 3.8) is 0 Å². The van der Waals surface area contributed by atoms with E-state index >= 15 is 0 Å². The van der Waals surface area contributed by atoms with Crippen LogP contribution in [-0.4, -0.2) is 42.6 Å². The molecule has 1 fully saturated rings. The number of hydrogen-bond acceptors (Lipinski definition) is 3. The van der Waals surface area contributed by atoms with Gasteiger partial charge in [-0.05, 0) is 36.4 Å². The second kappa shape index (κ2) is 7.75. The molecule has 1 aromatic heterocycles. The number of aromatic nitrogens is 1. The molecule has 1 aromatic carbocycles. The van der Waals surface area contributed by atoms with Crippen molar-refractivity contribution in [3.05, 3.63) is 60.2 Å². The van der Waals surface area contributed by atoms with Crippen molar-refractivity contribution in [2.75, 3.05) is 37.6 Å². The number of piperazine rings is 1. The van der Waals surface area contributed by atoms with Gasteiger partial charge in [0.05, 0.1) is 0 Å². The van der Waals surface area contributed by atoms with Crippen LogP contribution in [0.3, 0.4) is 0 Å². The maximum Gasteiger partial charge on any atom is 0.123 e. The Hall–Kier alpha value is -2.38. The van der Waals surface area contributed by atoms with Crippen molar-refractivity contribution in [2.24, 2.45) is 0 Å². The number of halogens is 1. The lowest BCUT2D eigenvalue weighted by molar-refractivity contribution is 0.264. The molecule has 2 aromatic rings. The Morgan fingerprint density at radius 3 is 2.52 bits per heavy atom. The van der Waals surface area contributed by atoms with Crippen LogP contribution in [0, 0.1) is 17.7 Å². The van der Waals surface area contributed by atoms with E-state index in [9.17, 15) is 4.39 Å². The van der Waals surface area contributed by atoms with Gasteiger partial charge >= 0.3 is 0 Å². The summed E-state index contributed by atoms with van der Waals surface area (Å²) < 4.78 is 13.0. The van der Waals surface area contributed by atoms with Gasteiger partial charge in [0, 0.05) is 62.8 Å². The molecule has 4 heteroatoms. The largest absolute Gasteiger partial charge is 0.369 e. The minimum atomic E-state index is -0.181. The Labute approximate surface area is 136 Å². The van der Waals surface area contributed by atoms with Crippen LogP contribution in [0.2, 0.25) is 0 Å². The summed E-state index contributed by atoms with van der Waals surface area (Å²) in [4.78, 5) is 8.79. The molecule has 23 heavy (non-hydrogen) atoms. The first-order valence-electron chi connectivity index (χ1n) is 7.93. The van der Waals surface area contributed by atoms with Gasteiger partial charge in [-0.1, -0.05) is 11.8 Å². The minimum Gasteiger partial charge on any atom is -0.369 e. The fourth-order valence-corrected chi connectivity index (χ4v) is 2.70. The molecule has 0 amide bonds. The Morgan fingerprint density at radius 1 is 1.04 bits per heavy atom. The predicted molar refractivity (Wildman–Crippen MR) is 90.8 cm³/mol. The molecular weight excluding hydrogens is 289 g/mol. The summed E-state index contributed by atoms with van der Waals surface area (Å²) in [6, 6.07) is 10.6. The summed E-state index contributed by atoms with van der Waals surface area (Å²) in [7, 11) is 0. The molecule has 2 heterocycles. The molecule has 0 bridgehead atoms. The molecule has 0 N–H and O–H groups in total. The van der Waals surface area contributed by atoms with E-state index in [2.05, 4.69) is 26.6 Å². The summed E-state index contributed by atoms with van der Waals surface area (Å²) in [5.74, 6) is 6.17. The van der Waals surface area contributed by atoms with Gasteiger partial charge in [0.15, 0.2) is 0 Å². The zero-order chi connectivity index (χ0) is 15.9. The Balaban J connectivity index is 1.43. The van der Waals surface area contributed by atoms with E-state index in [0.29, 0.717) is 0 Å². The van der Waals surface area contributed by atoms with E-state index in [-0.39, 0.29) is 5.82 Å². The van der Waals surface area contributed by atoms with Gasteiger partial charge in [-0.2, -0.15) is 0 Å². The van der Waals surface area contributed by atoms with Crippen LogP contribution >= 0.6 is 0 Å². The number of anilines is 1. The van der Waals surface area contributed by atoms with Crippen LogP contribution < -0.4 is 4.90 Å². The average Bonchev–Trinajstić information content (AvgIpc) is 2.61. The zero-order valence-corrected chi connectivity index (χ0v) is 13.1. The molecule has 3 rings (SSSR count). The van der Waals surface area contributed by atoms with Crippen molar-refractivity contribution in [1.82, 2.24) is 9.88 Å². The lowest BCUT2D eigenvalue weighted by Crippen LogP contribution is -2.46. The van der Waals surface area contributed by atoms with Crippen LogP contribution in [0.5, 0.6) is 0 Å². The summed E-state index contributed by atoms with van der Waals surface area (Å²) in [5.41, 5.74) is 2.07. The Kier molecular flexibility index (Phi) is 5.23. The lowest BCUT2D eigenvalue weighted by atomic mass is 10.2. The highest BCUT2D eigenvalue weighted by Crippen LogP contribution is 2.16. The van der Waals surface area contributed by atoms with E-state index in [0.717, 1.165) is 50.4 Å². The van der Waals surface area contributed by atoms with Crippen molar-refractivity contribution in [3.8, 4) is 11.8 Å². The highest BCUT2D eigenvalue weighted by Gasteiger charge is 2.16. The summed E-state index contributed by atoms with van der Waals surface area (Å²) in [5, 5.41) is 0. The van der Waals surface area contributed by atoms with E-state index in [1.807, 2.05) is 24.3 Å². The SMILES string of the molecule is Fc1ccc(N2CCN(CCC#Cc3cccnc3)CC2)cc1. The molecule has 0 atom stereocenters. The lowest BCUT2D eigenvalue weighted by Gasteiger charge is -2.35. The van der Waals surface area contributed by atoms with Gasteiger partial charge in [-0.25, -0.2) is 4.39 Å². The van der Waals surface area contributed by atoms with E-state index in [1.54, 1.807) is 12.4 Å². The predicted octanol–water partition coefficient (Wildman–Crippen LogP) is 2.78. The maximum atomic E-state index is 13.0. The molecule has 0 aliphatic carbocycles. The Morgan fingerprint density at radius 2 is 1.83 bits per heavy atom. The fourth-order valence-electron chi connectivity index (χ4n) is 2.70. The molecule has 118 valence electrons. The van der Waals surface area contributed by atoms with Gasteiger partial charge in [0.1, 0.15) is 5.82 Å². The maximum absolute atomic E-state index is 13.0. The zero-order valence-electron chi connectivity index (χ0n) is 13.1. The van der Waals surface area contributed by atoms with E-state index < -0.39 is 0 Å². The van der Waals surface area contributed by atoms with Crippen molar-refractivity contribution in [2.45, 2.75) is 6.42 Å². The highest BCUT2D eigenvalue weighted by atomic mass is 19.1. The molecule has 0 spiro atoms. The first kappa shape index (κ1) is 15.5. The van der Waals surface area contributed by atoms with Crippen molar-refractivity contribution in [1.29, 1.82) is 0 Å². The topological polar surface area (TPSA) is 19.4 Å². The summed E-state index contributed by atoms with van der Waals surface area (Å²) in [6.07, 6.45) is 4.41.